The summed E-state index contributed by atoms with van der Waals surface area (Å²) in [5.41, 5.74) is 5.81. The molecule has 0 saturated carbocycles. The molecule has 0 bridgehead atoms. The summed E-state index contributed by atoms with van der Waals surface area (Å²) in [5, 5.41) is 13.8. The van der Waals surface area contributed by atoms with Crippen molar-refractivity contribution in [2.45, 2.75) is 81.8 Å². The van der Waals surface area contributed by atoms with Crippen molar-refractivity contribution in [2.24, 2.45) is 0 Å². The Morgan fingerprint density at radius 1 is 1.02 bits per heavy atom. The second-order valence-corrected chi connectivity index (χ2v) is 16.2. The number of benzene rings is 3. The number of amides is 1. The van der Waals surface area contributed by atoms with Crippen LogP contribution >= 0.6 is 35.3 Å². The van der Waals surface area contributed by atoms with Gasteiger partial charge in [0.2, 0.25) is 0 Å². The second-order valence-electron chi connectivity index (χ2n) is 12.2. The number of thioether (sulfide) groups is 3. The van der Waals surface area contributed by atoms with E-state index in [1.165, 1.54) is 17.7 Å². The largest absolute Gasteiger partial charge is 0.480 e. The van der Waals surface area contributed by atoms with Gasteiger partial charge in [-0.2, -0.15) is 35.3 Å². The number of carboxylic acid groups (broad SMARTS) is 1. The SMILES string of the molecule is CCSC(C)CC.COCC1CC(SCc2ccccc2)CN1Cc1ccc(C(=O)NC(CCSC)C(=O)O)c(-c2ccccc2C)c1. The van der Waals surface area contributed by atoms with E-state index in [0.717, 1.165) is 52.8 Å². The molecular weight excluding hydrogens is 657 g/mol. The summed E-state index contributed by atoms with van der Waals surface area (Å²) < 4.78 is 5.60. The van der Waals surface area contributed by atoms with Crippen molar-refractivity contribution in [3.8, 4) is 11.1 Å². The number of hydrogen-bond donors (Lipinski definition) is 2. The highest BCUT2D eigenvalue weighted by Gasteiger charge is 2.32. The third-order valence-corrected chi connectivity index (χ3v) is 11.8. The van der Waals surface area contributed by atoms with E-state index in [-0.39, 0.29) is 5.91 Å². The molecule has 4 unspecified atom stereocenters. The molecule has 3 aromatic carbocycles. The molecule has 1 heterocycles. The van der Waals surface area contributed by atoms with Gasteiger partial charge in [0, 0.05) is 48.1 Å². The van der Waals surface area contributed by atoms with Gasteiger partial charge in [-0.3, -0.25) is 9.69 Å². The Balaban J connectivity index is 0.000000804. The molecule has 1 amide bonds. The van der Waals surface area contributed by atoms with E-state index in [4.69, 9.17) is 4.74 Å². The first-order valence-corrected chi connectivity index (χ1v) is 20.4. The van der Waals surface area contributed by atoms with Crippen LogP contribution in [0.2, 0.25) is 0 Å². The van der Waals surface area contributed by atoms with Gasteiger partial charge in [0.25, 0.3) is 5.91 Å². The van der Waals surface area contributed by atoms with E-state index in [1.807, 2.05) is 73.1 Å². The van der Waals surface area contributed by atoms with Crippen LogP contribution in [-0.4, -0.2) is 82.5 Å². The minimum absolute atomic E-state index is 0.325. The van der Waals surface area contributed by atoms with Crippen molar-refractivity contribution >= 4 is 47.2 Å². The van der Waals surface area contributed by atoms with Gasteiger partial charge in [-0.25, -0.2) is 4.79 Å². The molecule has 4 rings (SSSR count). The predicted octanol–water partition coefficient (Wildman–Crippen LogP) is 8.66. The van der Waals surface area contributed by atoms with Crippen LogP contribution in [0.25, 0.3) is 11.1 Å². The van der Waals surface area contributed by atoms with Gasteiger partial charge < -0.3 is 15.2 Å². The van der Waals surface area contributed by atoms with E-state index in [1.54, 1.807) is 18.9 Å². The highest BCUT2D eigenvalue weighted by Crippen LogP contribution is 2.33. The number of aliphatic carboxylic acids is 1. The van der Waals surface area contributed by atoms with Crippen molar-refractivity contribution < 1.29 is 19.4 Å². The summed E-state index contributed by atoms with van der Waals surface area (Å²) >= 11 is 5.60. The Bertz CT molecular complexity index is 1410. The number of nitrogens with zero attached hydrogens (tertiary/aromatic N) is 1. The second kappa shape index (κ2) is 21.6. The van der Waals surface area contributed by atoms with Crippen molar-refractivity contribution in [1.29, 1.82) is 0 Å². The summed E-state index contributed by atoms with van der Waals surface area (Å²) in [5.74, 6) is 1.53. The zero-order chi connectivity index (χ0) is 34.9. The van der Waals surface area contributed by atoms with Crippen LogP contribution in [0.4, 0.5) is 0 Å². The Kier molecular flexibility index (Phi) is 18.0. The standard InChI is InChI=1S/C33H40N2O4S2.C6H14S/c1-23-9-7-8-12-28(23)30-17-25(13-14-29(30)32(36)34-31(33(37)38)15-16-40-3)19-35-20-27(18-26(35)21-39-2)41-22-24-10-5-4-6-11-24;1-4-6(3)7-5-2/h4-14,17,26-27,31H,15-16,18-22H2,1-3H3,(H,34,36)(H,37,38);6H,4-5H2,1-3H3. The van der Waals surface area contributed by atoms with Gasteiger partial charge in [0.05, 0.1) is 6.61 Å². The third-order valence-electron chi connectivity index (χ3n) is 8.57. The average molecular weight is 711 g/mol. The van der Waals surface area contributed by atoms with Gasteiger partial charge in [-0.05, 0) is 83.9 Å². The van der Waals surface area contributed by atoms with Crippen LogP contribution in [0.1, 0.15) is 67.1 Å². The van der Waals surface area contributed by atoms with Crippen LogP contribution < -0.4 is 5.32 Å². The minimum atomic E-state index is -1.01. The lowest BCUT2D eigenvalue weighted by Crippen LogP contribution is -2.41. The third kappa shape index (κ3) is 12.8. The molecule has 2 N–H and O–H groups in total. The lowest BCUT2D eigenvalue weighted by Gasteiger charge is -2.24. The number of rotatable bonds is 17. The fraction of sp³-hybridized carbons (Fsp3) is 0.487. The number of carbonyl (C=O) groups is 2. The summed E-state index contributed by atoms with van der Waals surface area (Å²) in [6.45, 7) is 11.1. The first kappa shape index (κ1) is 40.0. The lowest BCUT2D eigenvalue weighted by molar-refractivity contribution is -0.139. The summed E-state index contributed by atoms with van der Waals surface area (Å²) in [6.07, 6.45) is 4.68. The molecular formula is C39H54N2O4S3. The highest BCUT2D eigenvalue weighted by atomic mass is 32.2. The number of carboxylic acids is 1. The maximum absolute atomic E-state index is 13.4. The number of ether oxygens (including phenoxy) is 1. The molecule has 1 saturated heterocycles. The van der Waals surface area contributed by atoms with Gasteiger partial charge in [-0.1, -0.05) is 81.4 Å². The molecule has 4 atom stereocenters. The Morgan fingerprint density at radius 3 is 2.38 bits per heavy atom. The van der Waals surface area contributed by atoms with E-state index in [2.05, 4.69) is 67.4 Å². The quantitative estimate of drug-likeness (QED) is 0.144. The van der Waals surface area contributed by atoms with E-state index in [9.17, 15) is 14.7 Å². The van der Waals surface area contributed by atoms with E-state index < -0.39 is 12.0 Å². The first-order valence-electron chi connectivity index (χ1n) is 16.9. The molecule has 1 aliphatic heterocycles. The van der Waals surface area contributed by atoms with Gasteiger partial charge in [0.15, 0.2) is 0 Å². The van der Waals surface area contributed by atoms with Crippen LogP contribution in [-0.2, 0) is 21.8 Å². The average Bonchev–Trinajstić information content (AvgIpc) is 3.47. The van der Waals surface area contributed by atoms with Crippen molar-refractivity contribution in [3.05, 3.63) is 95.1 Å². The molecule has 0 aliphatic carbocycles. The minimum Gasteiger partial charge on any atom is -0.480 e. The number of hydrogen-bond acceptors (Lipinski definition) is 7. The molecule has 6 nitrogen and oxygen atoms in total. The first-order chi connectivity index (χ1) is 23.2. The van der Waals surface area contributed by atoms with Crippen molar-refractivity contribution in [3.63, 3.8) is 0 Å². The summed E-state index contributed by atoms with van der Waals surface area (Å²) in [7, 11) is 1.76. The molecule has 0 spiro atoms. The van der Waals surface area contributed by atoms with Crippen molar-refractivity contribution in [1.82, 2.24) is 10.2 Å². The summed E-state index contributed by atoms with van der Waals surface area (Å²) in [6, 6.07) is 24.0. The van der Waals surface area contributed by atoms with Crippen molar-refractivity contribution in [2.75, 3.05) is 38.0 Å². The molecule has 48 heavy (non-hydrogen) atoms. The Labute approximate surface area is 301 Å². The van der Waals surface area contributed by atoms with Crippen LogP contribution in [0.5, 0.6) is 0 Å². The Morgan fingerprint density at radius 2 is 1.75 bits per heavy atom. The molecule has 1 aliphatic rings. The molecule has 3 aromatic rings. The topological polar surface area (TPSA) is 78.9 Å². The Hall–Kier alpha value is -2.43. The zero-order valence-corrected chi connectivity index (χ0v) is 31.9. The molecule has 1 fully saturated rings. The number of nitrogens with one attached hydrogen (secondary N) is 1. The lowest BCUT2D eigenvalue weighted by atomic mass is 9.93. The molecule has 9 heteroatoms. The van der Waals surface area contributed by atoms with Crippen LogP contribution in [0.3, 0.4) is 0 Å². The number of methoxy groups -OCH3 is 1. The smallest absolute Gasteiger partial charge is 0.326 e. The molecule has 0 aromatic heterocycles. The number of carbonyl (C=O) groups excluding carboxylic acids is 1. The van der Waals surface area contributed by atoms with Crippen LogP contribution in [0, 0.1) is 6.92 Å². The fourth-order valence-electron chi connectivity index (χ4n) is 5.76. The number of likely N-dealkylation sites (tertiary alicyclic amines) is 1. The van der Waals surface area contributed by atoms with Crippen LogP contribution in [0.15, 0.2) is 72.8 Å². The molecule has 262 valence electrons. The fourth-order valence-corrected chi connectivity index (χ4v) is 8.31. The monoisotopic (exact) mass is 710 g/mol. The maximum atomic E-state index is 13.4. The number of aryl methyl sites for hydroxylation is 1. The van der Waals surface area contributed by atoms with E-state index in [0.29, 0.717) is 35.6 Å². The van der Waals surface area contributed by atoms with Gasteiger partial charge in [0.1, 0.15) is 6.04 Å². The van der Waals surface area contributed by atoms with Gasteiger partial charge >= 0.3 is 5.97 Å². The normalized spacial score (nSPS) is 17.3. The van der Waals surface area contributed by atoms with Gasteiger partial charge in [-0.15, -0.1) is 0 Å². The predicted molar refractivity (Wildman–Crippen MR) is 209 cm³/mol. The summed E-state index contributed by atoms with van der Waals surface area (Å²) in [4.78, 5) is 27.8. The highest BCUT2D eigenvalue weighted by molar-refractivity contribution is 7.99. The maximum Gasteiger partial charge on any atom is 0.326 e. The van der Waals surface area contributed by atoms with E-state index >= 15 is 0 Å². The zero-order valence-electron chi connectivity index (χ0n) is 29.4. The molecule has 0 radical (unpaired) electrons.